The molecular formula is C16H34NO3-. The minimum absolute atomic E-state index is 0.243. The van der Waals surface area contributed by atoms with Crippen LogP contribution >= 0.6 is 0 Å². The summed E-state index contributed by atoms with van der Waals surface area (Å²) >= 11 is 0. The summed E-state index contributed by atoms with van der Waals surface area (Å²) in [7, 11) is 0. The highest BCUT2D eigenvalue weighted by Gasteiger charge is 2.06. The highest BCUT2D eigenvalue weighted by molar-refractivity contribution is 4.59. The smallest absolute Gasteiger partial charge is 0.0433 e. The number of hydroxylamine groups is 1. The fourth-order valence-corrected chi connectivity index (χ4v) is 2.67. The Labute approximate surface area is 124 Å². The van der Waals surface area contributed by atoms with E-state index >= 15 is 0 Å². The molecule has 4 heteroatoms. The van der Waals surface area contributed by atoms with E-state index in [9.17, 15) is 5.21 Å². The molecule has 0 aromatic rings. The molecule has 0 aromatic carbocycles. The van der Waals surface area contributed by atoms with Crippen molar-refractivity contribution in [2.75, 3.05) is 19.8 Å². The lowest BCUT2D eigenvalue weighted by molar-refractivity contribution is 0.207. The molecule has 0 amide bonds. The first kappa shape index (κ1) is 19.8. The summed E-state index contributed by atoms with van der Waals surface area (Å²) in [6.07, 6.45) is 13.9. The zero-order valence-electron chi connectivity index (χ0n) is 13.0. The van der Waals surface area contributed by atoms with Crippen LogP contribution < -0.4 is 5.48 Å². The van der Waals surface area contributed by atoms with Crippen LogP contribution in [0.1, 0.15) is 77.0 Å². The molecule has 0 atom stereocenters. The van der Waals surface area contributed by atoms with Gasteiger partial charge in [0, 0.05) is 13.2 Å². The number of unbranched alkanes of at least 4 members (excludes halogenated alkanes) is 8. The van der Waals surface area contributed by atoms with Gasteiger partial charge in [0.25, 0.3) is 0 Å². The predicted octanol–water partition coefficient (Wildman–Crippen LogP) is 3.36. The van der Waals surface area contributed by atoms with Gasteiger partial charge in [-0.3, -0.25) is 0 Å². The first-order valence-corrected chi connectivity index (χ1v) is 8.41. The van der Waals surface area contributed by atoms with Crippen molar-refractivity contribution in [2.24, 2.45) is 5.92 Å². The molecule has 3 N–H and O–H groups in total. The fourth-order valence-electron chi connectivity index (χ4n) is 2.67. The highest BCUT2D eigenvalue weighted by atomic mass is 16.5. The van der Waals surface area contributed by atoms with Crippen LogP contribution in [0.4, 0.5) is 0 Å². The zero-order chi connectivity index (χ0) is 14.9. The molecule has 0 radical (unpaired) electrons. The summed E-state index contributed by atoms with van der Waals surface area (Å²) in [6.45, 7) is 1.09. The standard InChI is InChI=1S/C16H34NO3/c18-14-11-16(12-15-19)10-8-6-4-2-1-3-5-7-9-13-17-20/h16-19H,1-15H2/q-1. The Morgan fingerprint density at radius 3 is 1.55 bits per heavy atom. The Hall–Kier alpha value is -0.160. The van der Waals surface area contributed by atoms with Crippen molar-refractivity contribution in [3.63, 3.8) is 0 Å². The van der Waals surface area contributed by atoms with Crippen molar-refractivity contribution in [3.8, 4) is 0 Å². The van der Waals surface area contributed by atoms with E-state index in [2.05, 4.69) is 0 Å². The second-order valence-corrected chi connectivity index (χ2v) is 5.76. The van der Waals surface area contributed by atoms with Gasteiger partial charge in [-0.1, -0.05) is 57.8 Å². The van der Waals surface area contributed by atoms with E-state index in [4.69, 9.17) is 10.2 Å². The number of hydrogen-bond donors (Lipinski definition) is 3. The van der Waals surface area contributed by atoms with Crippen molar-refractivity contribution >= 4 is 0 Å². The predicted molar refractivity (Wildman–Crippen MR) is 84.4 cm³/mol. The Balaban J connectivity index is 3.18. The number of nitrogens with one attached hydrogen (secondary N) is 1. The van der Waals surface area contributed by atoms with Crippen LogP contribution in [0, 0.1) is 11.1 Å². The maximum absolute atomic E-state index is 10.0. The lowest BCUT2D eigenvalue weighted by Gasteiger charge is -2.13. The van der Waals surface area contributed by atoms with Gasteiger partial charge in [0.05, 0.1) is 0 Å². The second kappa shape index (κ2) is 16.9. The Morgan fingerprint density at radius 1 is 0.650 bits per heavy atom. The lowest BCUT2D eigenvalue weighted by Crippen LogP contribution is -2.05. The Morgan fingerprint density at radius 2 is 1.10 bits per heavy atom. The molecule has 0 aliphatic carbocycles. The molecule has 0 aliphatic heterocycles. The topological polar surface area (TPSA) is 75.5 Å². The third-order valence-corrected chi connectivity index (χ3v) is 3.97. The SMILES string of the molecule is [O-]NCCCCCCCCCCCC(CCO)CCO. The highest BCUT2D eigenvalue weighted by Crippen LogP contribution is 2.18. The maximum Gasteiger partial charge on any atom is 0.0433 e. The van der Waals surface area contributed by atoms with Crippen molar-refractivity contribution in [1.29, 1.82) is 0 Å². The van der Waals surface area contributed by atoms with E-state index in [0.29, 0.717) is 12.5 Å². The zero-order valence-corrected chi connectivity index (χ0v) is 13.0. The van der Waals surface area contributed by atoms with Crippen LogP contribution in [0.5, 0.6) is 0 Å². The number of rotatable bonds is 16. The summed E-state index contributed by atoms with van der Waals surface area (Å²) in [6, 6.07) is 0. The quantitative estimate of drug-likeness (QED) is 0.301. The van der Waals surface area contributed by atoms with E-state index in [1.165, 1.54) is 51.4 Å². The summed E-state index contributed by atoms with van der Waals surface area (Å²) in [5.74, 6) is 0.500. The molecule has 20 heavy (non-hydrogen) atoms. The van der Waals surface area contributed by atoms with E-state index in [1.807, 2.05) is 5.48 Å². The molecule has 0 bridgehead atoms. The molecule has 0 saturated heterocycles. The van der Waals surface area contributed by atoms with Gasteiger partial charge in [0.1, 0.15) is 0 Å². The molecule has 0 spiro atoms. The van der Waals surface area contributed by atoms with E-state index in [1.54, 1.807) is 0 Å². The van der Waals surface area contributed by atoms with E-state index in [0.717, 1.165) is 25.7 Å². The average Bonchev–Trinajstić information content (AvgIpc) is 2.45. The van der Waals surface area contributed by atoms with Crippen LogP contribution in [0.3, 0.4) is 0 Å². The molecule has 4 nitrogen and oxygen atoms in total. The maximum atomic E-state index is 10.0. The first-order chi connectivity index (χ1) is 9.85. The van der Waals surface area contributed by atoms with E-state index < -0.39 is 0 Å². The van der Waals surface area contributed by atoms with Gasteiger partial charge < -0.3 is 20.9 Å². The van der Waals surface area contributed by atoms with Crippen LogP contribution in [-0.4, -0.2) is 30.0 Å². The van der Waals surface area contributed by atoms with Crippen molar-refractivity contribution in [1.82, 2.24) is 5.48 Å². The number of hydrogen-bond acceptors (Lipinski definition) is 4. The molecule has 122 valence electrons. The van der Waals surface area contributed by atoms with Crippen molar-refractivity contribution in [2.45, 2.75) is 77.0 Å². The Bertz CT molecular complexity index is 173. The van der Waals surface area contributed by atoms with Crippen LogP contribution in [0.15, 0.2) is 0 Å². The molecular weight excluding hydrogens is 254 g/mol. The molecule has 0 rings (SSSR count). The van der Waals surface area contributed by atoms with Gasteiger partial charge >= 0.3 is 0 Å². The Kier molecular flexibility index (Phi) is 16.8. The second-order valence-electron chi connectivity index (χ2n) is 5.76. The van der Waals surface area contributed by atoms with E-state index in [-0.39, 0.29) is 13.2 Å². The summed E-state index contributed by atoms with van der Waals surface area (Å²) in [5, 5.41) is 27.9. The molecule has 0 saturated carbocycles. The summed E-state index contributed by atoms with van der Waals surface area (Å²) in [5.41, 5.74) is 1.94. The number of aliphatic hydroxyl groups is 2. The summed E-state index contributed by atoms with van der Waals surface area (Å²) in [4.78, 5) is 0. The van der Waals surface area contributed by atoms with Gasteiger partial charge in [0.15, 0.2) is 0 Å². The van der Waals surface area contributed by atoms with Gasteiger partial charge in [-0.25, -0.2) is 0 Å². The summed E-state index contributed by atoms with van der Waals surface area (Å²) < 4.78 is 0. The third kappa shape index (κ3) is 14.3. The number of aliphatic hydroxyl groups excluding tert-OH is 2. The molecule has 0 fully saturated rings. The normalized spacial score (nSPS) is 11.4. The monoisotopic (exact) mass is 288 g/mol. The van der Waals surface area contributed by atoms with Crippen LogP contribution in [0.25, 0.3) is 0 Å². The molecule has 0 aliphatic rings. The molecule has 0 aromatic heterocycles. The van der Waals surface area contributed by atoms with Crippen LogP contribution in [-0.2, 0) is 0 Å². The van der Waals surface area contributed by atoms with Gasteiger partial charge in [-0.2, -0.15) is 0 Å². The van der Waals surface area contributed by atoms with Crippen LogP contribution in [0.2, 0.25) is 0 Å². The van der Waals surface area contributed by atoms with Crippen molar-refractivity contribution in [3.05, 3.63) is 5.21 Å². The minimum atomic E-state index is 0.243. The molecule has 0 unspecified atom stereocenters. The lowest BCUT2D eigenvalue weighted by atomic mass is 9.94. The first-order valence-electron chi connectivity index (χ1n) is 8.41. The fraction of sp³-hybridized carbons (Fsp3) is 1.00. The molecule has 0 heterocycles. The third-order valence-electron chi connectivity index (χ3n) is 3.97. The van der Waals surface area contributed by atoms with Gasteiger partial charge in [-0.15, -0.1) is 0 Å². The van der Waals surface area contributed by atoms with Crippen molar-refractivity contribution < 1.29 is 10.2 Å². The van der Waals surface area contributed by atoms with Gasteiger partial charge in [-0.05, 0) is 31.7 Å². The largest absolute Gasteiger partial charge is 0.788 e. The minimum Gasteiger partial charge on any atom is -0.788 e. The average molecular weight is 288 g/mol. The van der Waals surface area contributed by atoms with Gasteiger partial charge in [0.2, 0.25) is 0 Å².